The Morgan fingerprint density at radius 3 is 2.92 bits per heavy atom. The molecule has 0 bridgehead atoms. The number of likely N-dealkylation sites (tertiary alicyclic amines) is 1. The molecule has 0 spiro atoms. The molecule has 0 aliphatic carbocycles. The molecule has 5 nitrogen and oxygen atoms in total. The number of nitriles is 1. The molecular weight excluding hydrogens is 302 g/mol. The van der Waals surface area contributed by atoms with E-state index in [-0.39, 0.29) is 6.04 Å². The zero-order valence-corrected chi connectivity index (χ0v) is 14.0. The third-order valence-electron chi connectivity index (χ3n) is 5.04. The number of amides is 1. The maximum Gasteiger partial charge on any atom is 0.407 e. The van der Waals surface area contributed by atoms with Gasteiger partial charge in [0.15, 0.2) is 0 Å². The molecule has 1 saturated heterocycles. The van der Waals surface area contributed by atoms with Crippen LogP contribution >= 0.6 is 0 Å². The van der Waals surface area contributed by atoms with Gasteiger partial charge in [-0.2, -0.15) is 5.26 Å². The third-order valence-corrected chi connectivity index (χ3v) is 5.04. The van der Waals surface area contributed by atoms with Crippen molar-refractivity contribution in [1.82, 2.24) is 9.47 Å². The fourth-order valence-corrected chi connectivity index (χ4v) is 3.83. The van der Waals surface area contributed by atoms with Gasteiger partial charge in [-0.25, -0.2) is 4.79 Å². The average molecular weight is 325 g/mol. The van der Waals surface area contributed by atoms with Crippen LogP contribution in [0.4, 0.5) is 4.79 Å². The molecule has 1 aliphatic heterocycles. The van der Waals surface area contributed by atoms with Gasteiger partial charge in [-0.05, 0) is 62.6 Å². The van der Waals surface area contributed by atoms with Crippen LogP contribution in [0.15, 0.2) is 24.3 Å². The second-order valence-electron chi connectivity index (χ2n) is 6.43. The summed E-state index contributed by atoms with van der Waals surface area (Å²) in [6, 6.07) is 10.3. The Balaban J connectivity index is 1.82. The lowest BCUT2D eigenvalue weighted by Crippen LogP contribution is -2.43. The Labute approximate surface area is 142 Å². The van der Waals surface area contributed by atoms with Crippen LogP contribution in [0, 0.1) is 11.3 Å². The highest BCUT2D eigenvalue weighted by molar-refractivity contribution is 5.82. The fourth-order valence-electron chi connectivity index (χ4n) is 3.83. The average Bonchev–Trinajstić information content (AvgIpc) is 2.96. The van der Waals surface area contributed by atoms with E-state index in [0.29, 0.717) is 12.1 Å². The van der Waals surface area contributed by atoms with E-state index in [1.807, 2.05) is 18.2 Å². The molecule has 1 fully saturated rings. The van der Waals surface area contributed by atoms with E-state index in [1.54, 1.807) is 4.90 Å². The fraction of sp³-hybridized carbons (Fsp3) is 0.474. The van der Waals surface area contributed by atoms with Gasteiger partial charge in [0.25, 0.3) is 0 Å². The number of benzene rings is 1. The third kappa shape index (κ3) is 3.09. The largest absolute Gasteiger partial charge is 0.465 e. The summed E-state index contributed by atoms with van der Waals surface area (Å²) in [6.07, 6.45) is 3.95. The second kappa shape index (κ2) is 6.96. The summed E-state index contributed by atoms with van der Waals surface area (Å²) in [7, 11) is 0. The van der Waals surface area contributed by atoms with Gasteiger partial charge < -0.3 is 14.6 Å². The number of carbonyl (C=O) groups is 1. The highest BCUT2D eigenvalue weighted by Gasteiger charge is 2.26. The molecule has 3 rings (SSSR count). The van der Waals surface area contributed by atoms with Crippen LogP contribution in [0.1, 0.15) is 43.9 Å². The van der Waals surface area contributed by atoms with Crippen molar-refractivity contribution in [2.45, 2.75) is 51.6 Å². The van der Waals surface area contributed by atoms with Crippen LogP contribution in [-0.2, 0) is 13.0 Å². The van der Waals surface area contributed by atoms with Crippen molar-refractivity contribution in [3.63, 3.8) is 0 Å². The Hall–Kier alpha value is -2.48. The second-order valence-corrected chi connectivity index (χ2v) is 6.43. The maximum atomic E-state index is 11.4. The van der Waals surface area contributed by atoms with Crippen LogP contribution in [0.2, 0.25) is 0 Å². The number of hydrogen-bond donors (Lipinski definition) is 1. The number of carboxylic acid groups (broad SMARTS) is 1. The van der Waals surface area contributed by atoms with Gasteiger partial charge in [-0.3, -0.25) is 0 Å². The van der Waals surface area contributed by atoms with Crippen molar-refractivity contribution in [1.29, 1.82) is 5.26 Å². The number of aryl methyl sites for hydroxylation is 2. The first-order valence-electron chi connectivity index (χ1n) is 8.66. The van der Waals surface area contributed by atoms with Gasteiger partial charge in [0.05, 0.1) is 11.6 Å². The van der Waals surface area contributed by atoms with Crippen molar-refractivity contribution >= 4 is 17.0 Å². The number of rotatable bonds is 4. The van der Waals surface area contributed by atoms with E-state index in [4.69, 9.17) is 5.26 Å². The van der Waals surface area contributed by atoms with Crippen LogP contribution < -0.4 is 0 Å². The molecule has 0 saturated carbocycles. The minimum atomic E-state index is -0.797. The van der Waals surface area contributed by atoms with Crippen molar-refractivity contribution in [2.75, 3.05) is 6.54 Å². The van der Waals surface area contributed by atoms with Crippen LogP contribution in [-0.4, -0.2) is 33.3 Å². The van der Waals surface area contributed by atoms with Gasteiger partial charge in [-0.15, -0.1) is 0 Å². The lowest BCUT2D eigenvalue weighted by atomic mass is 9.97. The SMILES string of the molecule is CCn1c(CC[C@@H]2CCCCN2C(=O)O)cc2ccc(C#N)cc21. The molecular formula is C19H23N3O2. The first kappa shape index (κ1) is 16.4. The predicted molar refractivity (Wildman–Crippen MR) is 93.0 cm³/mol. The lowest BCUT2D eigenvalue weighted by Gasteiger charge is -2.33. The first-order chi connectivity index (χ1) is 11.6. The zero-order chi connectivity index (χ0) is 17.1. The number of nitrogens with zero attached hydrogens (tertiary/aromatic N) is 3. The molecule has 126 valence electrons. The number of fused-ring (bicyclic) bond motifs is 1. The van der Waals surface area contributed by atoms with Crippen LogP contribution in [0.5, 0.6) is 0 Å². The molecule has 1 aromatic heterocycles. The Kier molecular flexibility index (Phi) is 4.75. The summed E-state index contributed by atoms with van der Waals surface area (Å²) in [6.45, 7) is 3.61. The highest BCUT2D eigenvalue weighted by atomic mass is 16.4. The molecule has 0 radical (unpaired) electrons. The van der Waals surface area contributed by atoms with Gasteiger partial charge in [-0.1, -0.05) is 6.07 Å². The van der Waals surface area contributed by atoms with Crippen molar-refractivity contribution in [3.05, 3.63) is 35.5 Å². The highest BCUT2D eigenvalue weighted by Crippen LogP contribution is 2.25. The smallest absolute Gasteiger partial charge is 0.407 e. The molecule has 0 unspecified atom stereocenters. The van der Waals surface area contributed by atoms with Gasteiger partial charge in [0, 0.05) is 30.3 Å². The maximum absolute atomic E-state index is 11.4. The van der Waals surface area contributed by atoms with Gasteiger partial charge >= 0.3 is 6.09 Å². The van der Waals surface area contributed by atoms with Gasteiger partial charge in [0.2, 0.25) is 0 Å². The van der Waals surface area contributed by atoms with Crippen molar-refractivity contribution in [2.24, 2.45) is 0 Å². The minimum Gasteiger partial charge on any atom is -0.465 e. The van der Waals surface area contributed by atoms with E-state index in [1.165, 1.54) is 5.69 Å². The summed E-state index contributed by atoms with van der Waals surface area (Å²) in [5.41, 5.74) is 2.98. The van der Waals surface area contributed by atoms with Crippen LogP contribution in [0.25, 0.3) is 10.9 Å². The molecule has 2 aromatic rings. The molecule has 24 heavy (non-hydrogen) atoms. The van der Waals surface area contributed by atoms with E-state index in [0.717, 1.165) is 49.6 Å². The number of piperidine rings is 1. The Morgan fingerprint density at radius 1 is 1.38 bits per heavy atom. The normalized spacial score (nSPS) is 17.8. The van der Waals surface area contributed by atoms with Gasteiger partial charge in [0.1, 0.15) is 0 Å². The Bertz CT molecular complexity index is 788. The van der Waals surface area contributed by atoms with Crippen molar-refractivity contribution in [3.8, 4) is 6.07 Å². The standard InChI is InChI=1S/C19H23N3O2/c1-2-21-17(12-15-7-6-14(13-20)11-18(15)21)9-8-16-5-3-4-10-22(16)19(23)24/h6-7,11-12,16H,2-5,8-10H2,1H3,(H,23,24)/t16-/m0/s1. The minimum absolute atomic E-state index is 0.120. The molecule has 2 heterocycles. The summed E-state index contributed by atoms with van der Waals surface area (Å²) in [4.78, 5) is 13.0. The van der Waals surface area contributed by atoms with E-state index in [9.17, 15) is 9.90 Å². The molecule has 5 heteroatoms. The lowest BCUT2D eigenvalue weighted by molar-refractivity contribution is 0.103. The van der Waals surface area contributed by atoms with Crippen LogP contribution in [0.3, 0.4) is 0 Å². The van der Waals surface area contributed by atoms with Crippen molar-refractivity contribution < 1.29 is 9.90 Å². The summed E-state index contributed by atoms with van der Waals surface area (Å²) in [5.74, 6) is 0. The summed E-state index contributed by atoms with van der Waals surface area (Å²) < 4.78 is 2.24. The number of aromatic nitrogens is 1. The summed E-state index contributed by atoms with van der Waals surface area (Å²) in [5, 5.41) is 19.6. The molecule has 1 aliphatic rings. The predicted octanol–water partition coefficient (Wildman–Crippen LogP) is 4.00. The molecule has 1 amide bonds. The summed E-state index contributed by atoms with van der Waals surface area (Å²) >= 11 is 0. The van der Waals surface area contributed by atoms with E-state index >= 15 is 0 Å². The molecule has 1 aromatic carbocycles. The monoisotopic (exact) mass is 325 g/mol. The zero-order valence-electron chi connectivity index (χ0n) is 14.0. The quantitative estimate of drug-likeness (QED) is 0.923. The first-order valence-corrected chi connectivity index (χ1v) is 8.66. The molecule has 1 atom stereocenters. The van der Waals surface area contributed by atoms with E-state index in [2.05, 4.69) is 23.6 Å². The Morgan fingerprint density at radius 2 is 2.21 bits per heavy atom. The molecule has 1 N–H and O–H groups in total. The number of hydrogen-bond acceptors (Lipinski definition) is 2. The topological polar surface area (TPSA) is 69.3 Å². The van der Waals surface area contributed by atoms with E-state index < -0.39 is 6.09 Å².